The van der Waals surface area contributed by atoms with Crippen molar-refractivity contribution in [2.75, 3.05) is 0 Å². The van der Waals surface area contributed by atoms with Crippen LogP contribution in [-0.2, 0) is 19.1 Å². The first kappa shape index (κ1) is 19.9. The van der Waals surface area contributed by atoms with Crippen molar-refractivity contribution in [1.82, 2.24) is 0 Å². The maximum absolute atomic E-state index is 12.3. The third-order valence-electron chi connectivity index (χ3n) is 3.46. The Balaban J connectivity index is 2.68. The number of carbonyl (C=O) groups excluding carboxylic acids is 2. The number of benzene rings is 1. The Morgan fingerprint density at radius 3 is 2.17 bits per heavy atom. The zero-order chi connectivity index (χ0) is 18.1. The van der Waals surface area contributed by atoms with Crippen molar-refractivity contribution in [3.05, 3.63) is 42.0 Å². The molecule has 0 amide bonds. The molecular weight excluding hydrogens is 304 g/mol. The molecule has 4 heteroatoms. The molecule has 0 spiro atoms. The van der Waals surface area contributed by atoms with Crippen molar-refractivity contribution in [2.45, 2.75) is 53.2 Å². The van der Waals surface area contributed by atoms with Crippen molar-refractivity contribution < 1.29 is 19.1 Å². The summed E-state index contributed by atoms with van der Waals surface area (Å²) in [5.41, 5.74) is 0.917. The summed E-state index contributed by atoms with van der Waals surface area (Å²) in [6.07, 6.45) is 2.97. The molecule has 0 N–H and O–H groups in total. The predicted molar refractivity (Wildman–Crippen MR) is 95.2 cm³/mol. The van der Waals surface area contributed by atoms with Crippen LogP contribution in [0.4, 0.5) is 0 Å². The van der Waals surface area contributed by atoms with Crippen LogP contribution < -0.4 is 0 Å². The second kappa shape index (κ2) is 9.91. The van der Waals surface area contributed by atoms with E-state index in [2.05, 4.69) is 0 Å². The van der Waals surface area contributed by atoms with E-state index in [-0.39, 0.29) is 12.1 Å². The lowest BCUT2D eigenvalue weighted by Gasteiger charge is -2.24. The van der Waals surface area contributed by atoms with Gasteiger partial charge < -0.3 is 9.47 Å². The molecule has 1 aromatic rings. The zero-order valence-electron chi connectivity index (χ0n) is 15.2. The van der Waals surface area contributed by atoms with E-state index in [0.717, 1.165) is 5.56 Å². The maximum atomic E-state index is 12.3. The number of esters is 2. The summed E-state index contributed by atoms with van der Waals surface area (Å²) in [5, 5.41) is 0. The highest BCUT2D eigenvalue weighted by molar-refractivity contribution is 5.87. The molecule has 0 aliphatic heterocycles. The molecule has 0 saturated carbocycles. The minimum Gasteiger partial charge on any atom is -0.463 e. The summed E-state index contributed by atoms with van der Waals surface area (Å²) >= 11 is 0. The highest BCUT2D eigenvalue weighted by Gasteiger charge is 2.30. The monoisotopic (exact) mass is 332 g/mol. The van der Waals surface area contributed by atoms with E-state index in [1.165, 1.54) is 6.08 Å². The van der Waals surface area contributed by atoms with Gasteiger partial charge in [0.15, 0.2) is 0 Å². The predicted octanol–water partition coefficient (Wildman–Crippen LogP) is 4.25. The molecule has 24 heavy (non-hydrogen) atoms. The van der Waals surface area contributed by atoms with Crippen LogP contribution >= 0.6 is 0 Å². The lowest BCUT2D eigenvalue weighted by atomic mass is 9.92. The number of hydrogen-bond donors (Lipinski definition) is 0. The molecule has 0 saturated heterocycles. The van der Waals surface area contributed by atoms with Crippen LogP contribution in [0.5, 0.6) is 0 Å². The first-order chi connectivity index (χ1) is 11.3. The minimum atomic E-state index is -0.536. The summed E-state index contributed by atoms with van der Waals surface area (Å²) in [5.74, 6) is -0.930. The fraction of sp³-hybridized carbons (Fsp3) is 0.500. The van der Waals surface area contributed by atoms with E-state index in [4.69, 9.17) is 9.47 Å². The summed E-state index contributed by atoms with van der Waals surface area (Å²) < 4.78 is 10.7. The topological polar surface area (TPSA) is 52.6 Å². The summed E-state index contributed by atoms with van der Waals surface area (Å²) in [7, 11) is 0. The van der Waals surface area contributed by atoms with Crippen LogP contribution in [0.15, 0.2) is 36.4 Å². The van der Waals surface area contributed by atoms with Gasteiger partial charge in [0, 0.05) is 6.08 Å². The molecule has 132 valence electrons. The van der Waals surface area contributed by atoms with E-state index in [1.807, 2.05) is 58.0 Å². The summed E-state index contributed by atoms with van der Waals surface area (Å²) in [6, 6.07) is 9.50. The standard InChI is InChI=1S/C20H28O4/c1-14(2)13-18(20(22)23-15(3)4)16(5)24-19(21)12-11-17-9-7-6-8-10-17/h6-12,14-16,18H,13H2,1-5H3/b12-11+. The van der Waals surface area contributed by atoms with Crippen LogP contribution in [0.25, 0.3) is 6.08 Å². The highest BCUT2D eigenvalue weighted by Crippen LogP contribution is 2.21. The molecule has 1 rings (SSSR count). The molecule has 1 aromatic carbocycles. The van der Waals surface area contributed by atoms with Gasteiger partial charge in [-0.3, -0.25) is 4.79 Å². The van der Waals surface area contributed by atoms with Gasteiger partial charge >= 0.3 is 11.9 Å². The summed E-state index contributed by atoms with van der Waals surface area (Å²) in [4.78, 5) is 24.3. The largest absolute Gasteiger partial charge is 0.463 e. The Kier molecular flexibility index (Phi) is 8.24. The van der Waals surface area contributed by atoms with Crippen molar-refractivity contribution >= 4 is 18.0 Å². The molecule has 0 radical (unpaired) electrons. The Hall–Kier alpha value is -2.10. The normalized spacial score (nSPS) is 14.0. The molecule has 0 aliphatic carbocycles. The van der Waals surface area contributed by atoms with Gasteiger partial charge in [-0.15, -0.1) is 0 Å². The summed E-state index contributed by atoms with van der Waals surface area (Å²) in [6.45, 7) is 9.41. The SMILES string of the molecule is CC(C)CC(C(=O)OC(C)C)C(C)OC(=O)/C=C/c1ccccc1. The molecule has 0 fully saturated rings. The van der Waals surface area contributed by atoms with Gasteiger partial charge in [0.2, 0.25) is 0 Å². The van der Waals surface area contributed by atoms with Gasteiger partial charge in [0.1, 0.15) is 6.10 Å². The second-order valence-corrected chi connectivity index (χ2v) is 6.61. The molecule has 0 aliphatic rings. The average Bonchev–Trinajstić information content (AvgIpc) is 2.50. The molecule has 2 atom stereocenters. The average molecular weight is 332 g/mol. The van der Waals surface area contributed by atoms with Crippen LogP contribution in [0.1, 0.15) is 46.6 Å². The third kappa shape index (κ3) is 7.44. The van der Waals surface area contributed by atoms with Crippen molar-refractivity contribution in [1.29, 1.82) is 0 Å². The van der Waals surface area contributed by atoms with E-state index < -0.39 is 18.0 Å². The van der Waals surface area contributed by atoms with Gasteiger partial charge in [-0.2, -0.15) is 0 Å². The van der Waals surface area contributed by atoms with Gasteiger partial charge in [-0.1, -0.05) is 44.2 Å². The lowest BCUT2D eigenvalue weighted by Crippen LogP contribution is -2.33. The fourth-order valence-electron chi connectivity index (χ4n) is 2.34. The van der Waals surface area contributed by atoms with E-state index in [1.54, 1.807) is 13.0 Å². The van der Waals surface area contributed by atoms with Gasteiger partial charge in [-0.25, -0.2) is 4.79 Å². The number of rotatable bonds is 8. The van der Waals surface area contributed by atoms with E-state index >= 15 is 0 Å². The van der Waals surface area contributed by atoms with Gasteiger partial charge in [0.25, 0.3) is 0 Å². The minimum absolute atomic E-state index is 0.187. The molecule has 0 bridgehead atoms. The number of ether oxygens (including phenoxy) is 2. The van der Waals surface area contributed by atoms with E-state index in [9.17, 15) is 9.59 Å². The smallest absolute Gasteiger partial charge is 0.331 e. The van der Waals surface area contributed by atoms with Gasteiger partial charge in [-0.05, 0) is 44.7 Å². The third-order valence-corrected chi connectivity index (χ3v) is 3.46. The Labute approximate surface area is 144 Å². The van der Waals surface area contributed by atoms with Crippen LogP contribution in [-0.4, -0.2) is 24.1 Å². The van der Waals surface area contributed by atoms with Crippen LogP contribution in [0.2, 0.25) is 0 Å². The molecule has 4 nitrogen and oxygen atoms in total. The van der Waals surface area contributed by atoms with Gasteiger partial charge in [0.05, 0.1) is 12.0 Å². The Morgan fingerprint density at radius 2 is 1.62 bits per heavy atom. The van der Waals surface area contributed by atoms with Crippen LogP contribution in [0, 0.1) is 11.8 Å². The maximum Gasteiger partial charge on any atom is 0.331 e. The first-order valence-corrected chi connectivity index (χ1v) is 8.43. The zero-order valence-corrected chi connectivity index (χ0v) is 15.2. The number of carbonyl (C=O) groups is 2. The first-order valence-electron chi connectivity index (χ1n) is 8.43. The van der Waals surface area contributed by atoms with Crippen LogP contribution in [0.3, 0.4) is 0 Å². The Morgan fingerprint density at radius 1 is 1.00 bits per heavy atom. The highest BCUT2D eigenvalue weighted by atomic mass is 16.6. The van der Waals surface area contributed by atoms with Crippen molar-refractivity contribution in [3.63, 3.8) is 0 Å². The van der Waals surface area contributed by atoms with Crippen molar-refractivity contribution in [3.8, 4) is 0 Å². The molecule has 2 unspecified atom stereocenters. The molecular formula is C20H28O4. The Bertz CT molecular complexity index is 546. The lowest BCUT2D eigenvalue weighted by molar-refractivity contribution is -0.162. The second-order valence-electron chi connectivity index (χ2n) is 6.61. The molecule has 0 heterocycles. The number of hydrogen-bond acceptors (Lipinski definition) is 4. The van der Waals surface area contributed by atoms with E-state index in [0.29, 0.717) is 12.3 Å². The van der Waals surface area contributed by atoms with Crippen molar-refractivity contribution in [2.24, 2.45) is 11.8 Å². The molecule has 0 aromatic heterocycles. The quantitative estimate of drug-likeness (QED) is 0.527. The fourth-order valence-corrected chi connectivity index (χ4v) is 2.34.